The lowest BCUT2D eigenvalue weighted by Gasteiger charge is -2.23. The van der Waals surface area contributed by atoms with Crippen molar-refractivity contribution in [3.8, 4) is 5.75 Å². The van der Waals surface area contributed by atoms with Crippen LogP contribution in [-0.4, -0.2) is 23.0 Å². The summed E-state index contributed by atoms with van der Waals surface area (Å²) >= 11 is 0. The third-order valence-corrected chi connectivity index (χ3v) is 5.51. The minimum atomic E-state index is -0.0928. The van der Waals surface area contributed by atoms with E-state index in [1.54, 1.807) is 7.11 Å². The molecule has 0 spiro atoms. The summed E-state index contributed by atoms with van der Waals surface area (Å²) in [5.74, 6) is 0.670. The maximum absolute atomic E-state index is 12.9. The van der Waals surface area contributed by atoms with Crippen LogP contribution >= 0.6 is 0 Å². The molecule has 0 saturated heterocycles. The Bertz CT molecular complexity index is 1160. The lowest BCUT2D eigenvalue weighted by atomic mass is 9.91. The molecule has 5 heteroatoms. The number of H-pyrrole nitrogens is 2. The average Bonchev–Trinajstić information content (AvgIpc) is 3.30. The second-order valence-electron chi connectivity index (χ2n) is 7.09. The van der Waals surface area contributed by atoms with Crippen LogP contribution in [0.25, 0.3) is 21.8 Å². The van der Waals surface area contributed by atoms with Crippen LogP contribution in [0.2, 0.25) is 0 Å². The first kappa shape index (κ1) is 16.0. The van der Waals surface area contributed by atoms with Crippen LogP contribution in [-0.2, 0) is 6.42 Å². The SMILES string of the molecule is COc1cccc2[nH]c(C(=O)NC3CCCc4c3[nH]c3ccccc43)cc12. The van der Waals surface area contributed by atoms with Crippen molar-refractivity contribution < 1.29 is 9.53 Å². The molecule has 0 bridgehead atoms. The van der Waals surface area contributed by atoms with Gasteiger partial charge in [-0.05, 0) is 49.1 Å². The van der Waals surface area contributed by atoms with Crippen molar-refractivity contribution in [2.75, 3.05) is 7.11 Å². The molecule has 2 aromatic carbocycles. The Labute approximate surface area is 156 Å². The summed E-state index contributed by atoms with van der Waals surface area (Å²) in [5, 5.41) is 5.39. The van der Waals surface area contributed by atoms with Gasteiger partial charge in [-0.1, -0.05) is 24.3 Å². The number of carbonyl (C=O) groups is 1. The maximum Gasteiger partial charge on any atom is 0.268 e. The van der Waals surface area contributed by atoms with Gasteiger partial charge >= 0.3 is 0 Å². The molecule has 0 aliphatic heterocycles. The van der Waals surface area contributed by atoms with Crippen molar-refractivity contribution in [3.05, 3.63) is 65.5 Å². The number of amides is 1. The minimum absolute atomic E-state index is 0.00181. The molecule has 3 N–H and O–H groups in total. The number of rotatable bonds is 3. The molecule has 1 atom stereocenters. The van der Waals surface area contributed by atoms with Gasteiger partial charge in [0.25, 0.3) is 5.91 Å². The quantitative estimate of drug-likeness (QED) is 0.505. The second-order valence-corrected chi connectivity index (χ2v) is 7.09. The van der Waals surface area contributed by atoms with Gasteiger partial charge in [0.15, 0.2) is 0 Å². The number of hydrogen-bond donors (Lipinski definition) is 3. The highest BCUT2D eigenvalue weighted by atomic mass is 16.5. The molecule has 1 unspecified atom stereocenters. The molecule has 1 aliphatic rings. The first-order valence-electron chi connectivity index (χ1n) is 9.30. The van der Waals surface area contributed by atoms with Crippen LogP contribution < -0.4 is 10.1 Å². The van der Waals surface area contributed by atoms with E-state index in [0.29, 0.717) is 5.69 Å². The van der Waals surface area contributed by atoms with Gasteiger partial charge in [-0.25, -0.2) is 0 Å². The normalized spacial score (nSPS) is 16.4. The second kappa shape index (κ2) is 6.20. The van der Waals surface area contributed by atoms with Gasteiger partial charge in [-0.15, -0.1) is 0 Å². The molecule has 1 aliphatic carbocycles. The number of benzene rings is 2. The Morgan fingerprint density at radius 2 is 1.89 bits per heavy atom. The molecule has 1 amide bonds. The van der Waals surface area contributed by atoms with E-state index in [1.165, 1.54) is 10.9 Å². The van der Waals surface area contributed by atoms with Crippen molar-refractivity contribution in [1.29, 1.82) is 0 Å². The molecule has 2 aromatic heterocycles. The minimum Gasteiger partial charge on any atom is -0.496 e. The maximum atomic E-state index is 12.9. The lowest BCUT2D eigenvalue weighted by molar-refractivity contribution is 0.0927. The Kier molecular flexibility index (Phi) is 3.67. The molecular weight excluding hydrogens is 338 g/mol. The van der Waals surface area contributed by atoms with Gasteiger partial charge in [0.1, 0.15) is 11.4 Å². The number of ether oxygens (including phenoxy) is 1. The van der Waals surface area contributed by atoms with Crippen molar-refractivity contribution in [1.82, 2.24) is 15.3 Å². The smallest absolute Gasteiger partial charge is 0.268 e. The fourth-order valence-corrected chi connectivity index (χ4v) is 4.22. The fraction of sp³-hybridized carbons (Fsp3) is 0.227. The number of para-hydroxylation sites is 1. The zero-order chi connectivity index (χ0) is 18.4. The summed E-state index contributed by atoms with van der Waals surface area (Å²) in [6, 6.07) is 16.0. The molecule has 5 rings (SSSR count). The largest absolute Gasteiger partial charge is 0.496 e. The standard InChI is InChI=1S/C22H21N3O2/c1-27-20-11-5-9-17-15(20)12-19(23-17)22(26)25-18-10-4-7-14-13-6-2-3-8-16(13)24-21(14)18/h2-3,5-6,8-9,11-12,18,23-24H,4,7,10H2,1H3,(H,25,26). The Morgan fingerprint density at radius 1 is 1.07 bits per heavy atom. The van der Waals surface area contributed by atoms with Gasteiger partial charge < -0.3 is 20.0 Å². The number of methoxy groups -OCH3 is 1. The van der Waals surface area contributed by atoms with Crippen molar-refractivity contribution in [2.24, 2.45) is 0 Å². The number of aromatic amines is 2. The van der Waals surface area contributed by atoms with E-state index < -0.39 is 0 Å². The van der Waals surface area contributed by atoms with Crippen LogP contribution in [0.3, 0.4) is 0 Å². The first-order valence-corrected chi connectivity index (χ1v) is 9.30. The first-order chi connectivity index (χ1) is 13.2. The number of aromatic nitrogens is 2. The number of fused-ring (bicyclic) bond motifs is 4. The number of nitrogens with one attached hydrogen (secondary N) is 3. The zero-order valence-corrected chi connectivity index (χ0v) is 15.1. The van der Waals surface area contributed by atoms with E-state index in [4.69, 9.17) is 4.74 Å². The molecular formula is C22H21N3O2. The Hall–Kier alpha value is -3.21. The Morgan fingerprint density at radius 3 is 2.78 bits per heavy atom. The molecule has 2 heterocycles. The molecule has 0 radical (unpaired) electrons. The van der Waals surface area contributed by atoms with E-state index in [9.17, 15) is 4.79 Å². The summed E-state index contributed by atoms with van der Waals surface area (Å²) in [5.41, 5.74) is 5.07. The van der Waals surface area contributed by atoms with Crippen LogP contribution in [0.4, 0.5) is 0 Å². The summed E-state index contributed by atoms with van der Waals surface area (Å²) in [4.78, 5) is 19.6. The van der Waals surface area contributed by atoms with Crippen molar-refractivity contribution in [2.45, 2.75) is 25.3 Å². The predicted octanol–water partition coefficient (Wildman–Crippen LogP) is 4.47. The fourth-order valence-electron chi connectivity index (χ4n) is 4.22. The molecule has 4 aromatic rings. The van der Waals surface area contributed by atoms with E-state index in [1.807, 2.05) is 30.3 Å². The molecule has 5 nitrogen and oxygen atoms in total. The molecule has 0 saturated carbocycles. The van der Waals surface area contributed by atoms with Gasteiger partial charge in [0.05, 0.1) is 13.2 Å². The molecule has 0 fully saturated rings. The van der Waals surface area contributed by atoms with E-state index in [-0.39, 0.29) is 11.9 Å². The molecule has 136 valence electrons. The van der Waals surface area contributed by atoms with Crippen molar-refractivity contribution in [3.63, 3.8) is 0 Å². The van der Waals surface area contributed by atoms with Gasteiger partial charge in [0.2, 0.25) is 0 Å². The number of aryl methyl sites for hydroxylation is 1. The highest BCUT2D eigenvalue weighted by molar-refractivity contribution is 6.00. The van der Waals surface area contributed by atoms with Gasteiger partial charge in [-0.2, -0.15) is 0 Å². The van der Waals surface area contributed by atoms with Crippen LogP contribution in [0, 0.1) is 0 Å². The van der Waals surface area contributed by atoms with Gasteiger partial charge in [0, 0.05) is 27.5 Å². The van der Waals surface area contributed by atoms with Crippen LogP contribution in [0.5, 0.6) is 5.75 Å². The third-order valence-electron chi connectivity index (χ3n) is 5.51. The highest BCUT2D eigenvalue weighted by Gasteiger charge is 2.26. The predicted molar refractivity (Wildman–Crippen MR) is 106 cm³/mol. The van der Waals surface area contributed by atoms with E-state index in [0.717, 1.165) is 47.1 Å². The number of carbonyl (C=O) groups excluding carboxylic acids is 1. The Balaban J connectivity index is 1.47. The topological polar surface area (TPSA) is 69.9 Å². The van der Waals surface area contributed by atoms with Crippen LogP contribution in [0.15, 0.2) is 48.5 Å². The zero-order valence-electron chi connectivity index (χ0n) is 15.1. The summed E-state index contributed by atoms with van der Waals surface area (Å²) < 4.78 is 5.39. The third kappa shape index (κ3) is 2.58. The summed E-state index contributed by atoms with van der Waals surface area (Å²) in [6.45, 7) is 0. The van der Waals surface area contributed by atoms with Crippen LogP contribution in [0.1, 0.15) is 40.6 Å². The van der Waals surface area contributed by atoms with E-state index in [2.05, 4.69) is 33.5 Å². The summed E-state index contributed by atoms with van der Waals surface area (Å²) in [7, 11) is 1.64. The summed E-state index contributed by atoms with van der Waals surface area (Å²) in [6.07, 6.45) is 3.06. The van der Waals surface area contributed by atoms with Gasteiger partial charge in [-0.3, -0.25) is 4.79 Å². The molecule has 27 heavy (non-hydrogen) atoms. The lowest BCUT2D eigenvalue weighted by Crippen LogP contribution is -2.31. The average molecular weight is 359 g/mol. The monoisotopic (exact) mass is 359 g/mol. The highest BCUT2D eigenvalue weighted by Crippen LogP contribution is 2.35. The van der Waals surface area contributed by atoms with Crippen molar-refractivity contribution >= 4 is 27.7 Å². The number of hydrogen-bond acceptors (Lipinski definition) is 2. The van der Waals surface area contributed by atoms with E-state index >= 15 is 0 Å².